The van der Waals surface area contributed by atoms with Gasteiger partial charge in [-0.3, -0.25) is 9.36 Å². The van der Waals surface area contributed by atoms with E-state index < -0.39 is 0 Å². The summed E-state index contributed by atoms with van der Waals surface area (Å²) in [7, 11) is 3.91. The molecule has 1 aliphatic rings. The zero-order chi connectivity index (χ0) is 19.7. The molecule has 0 unspecified atom stereocenters. The van der Waals surface area contributed by atoms with Crippen LogP contribution in [-0.4, -0.2) is 40.9 Å². The summed E-state index contributed by atoms with van der Waals surface area (Å²) in [5, 5.41) is 9.39. The SMILES string of the molecule is CN(C)c1ccc(C(=O)NCCn2nc(-c3cccs3)n(C3CC3)c2=O)cc1. The quantitative estimate of drug-likeness (QED) is 0.665. The predicted molar refractivity (Wildman–Crippen MR) is 111 cm³/mol. The van der Waals surface area contributed by atoms with Crippen LogP contribution < -0.4 is 15.9 Å². The summed E-state index contributed by atoms with van der Waals surface area (Å²) in [6.45, 7) is 0.693. The minimum Gasteiger partial charge on any atom is -0.378 e. The Kier molecular flexibility index (Phi) is 5.04. The van der Waals surface area contributed by atoms with Crippen LogP contribution in [0, 0.1) is 0 Å². The minimum atomic E-state index is -0.154. The first-order chi connectivity index (χ1) is 13.5. The zero-order valence-electron chi connectivity index (χ0n) is 16.0. The summed E-state index contributed by atoms with van der Waals surface area (Å²) in [5.74, 6) is 0.576. The third-order valence-electron chi connectivity index (χ3n) is 4.78. The topological polar surface area (TPSA) is 72.2 Å². The molecular formula is C20H23N5O2S. The van der Waals surface area contributed by atoms with Gasteiger partial charge in [0.25, 0.3) is 5.91 Å². The van der Waals surface area contributed by atoms with E-state index in [1.165, 1.54) is 4.68 Å². The molecule has 0 bridgehead atoms. The van der Waals surface area contributed by atoms with Crippen LogP contribution >= 0.6 is 11.3 Å². The van der Waals surface area contributed by atoms with Crippen molar-refractivity contribution in [2.75, 3.05) is 25.5 Å². The molecule has 0 saturated heterocycles. The predicted octanol–water partition coefficient (Wildman–Crippen LogP) is 2.60. The number of aromatic nitrogens is 3. The second kappa shape index (κ2) is 7.63. The third kappa shape index (κ3) is 3.73. The molecule has 1 aliphatic carbocycles. The third-order valence-corrected chi connectivity index (χ3v) is 5.64. The van der Waals surface area contributed by atoms with Gasteiger partial charge in [0.2, 0.25) is 0 Å². The van der Waals surface area contributed by atoms with Gasteiger partial charge in [0, 0.05) is 37.9 Å². The monoisotopic (exact) mass is 397 g/mol. The maximum atomic E-state index is 12.8. The van der Waals surface area contributed by atoms with E-state index >= 15 is 0 Å². The van der Waals surface area contributed by atoms with Crippen LogP contribution in [0.5, 0.6) is 0 Å². The number of nitrogens with zero attached hydrogens (tertiary/aromatic N) is 4. The molecular weight excluding hydrogens is 374 g/mol. The maximum absolute atomic E-state index is 12.8. The van der Waals surface area contributed by atoms with Crippen LogP contribution in [0.25, 0.3) is 10.7 Å². The van der Waals surface area contributed by atoms with E-state index in [9.17, 15) is 9.59 Å². The number of benzene rings is 1. The van der Waals surface area contributed by atoms with Crippen molar-refractivity contribution < 1.29 is 4.79 Å². The van der Waals surface area contributed by atoms with Gasteiger partial charge in [0.1, 0.15) is 0 Å². The lowest BCUT2D eigenvalue weighted by molar-refractivity contribution is 0.0952. The molecule has 1 N–H and O–H groups in total. The van der Waals surface area contributed by atoms with Crippen LogP contribution in [0.2, 0.25) is 0 Å². The van der Waals surface area contributed by atoms with Crippen molar-refractivity contribution in [1.29, 1.82) is 0 Å². The highest BCUT2D eigenvalue weighted by atomic mass is 32.1. The Balaban J connectivity index is 1.43. The second-order valence-corrected chi connectivity index (χ2v) is 8.05. The van der Waals surface area contributed by atoms with Crippen LogP contribution in [0.3, 0.4) is 0 Å². The lowest BCUT2D eigenvalue weighted by atomic mass is 10.2. The van der Waals surface area contributed by atoms with Crippen molar-refractivity contribution in [1.82, 2.24) is 19.7 Å². The van der Waals surface area contributed by atoms with Gasteiger partial charge >= 0.3 is 5.69 Å². The summed E-state index contributed by atoms with van der Waals surface area (Å²) >= 11 is 1.58. The molecule has 0 aliphatic heterocycles. The summed E-state index contributed by atoms with van der Waals surface area (Å²) < 4.78 is 3.26. The number of nitrogens with one attached hydrogen (secondary N) is 1. The van der Waals surface area contributed by atoms with Gasteiger partial charge in [0.15, 0.2) is 5.82 Å². The largest absolute Gasteiger partial charge is 0.378 e. The van der Waals surface area contributed by atoms with E-state index in [2.05, 4.69) is 10.4 Å². The van der Waals surface area contributed by atoms with Crippen molar-refractivity contribution in [3.8, 4) is 10.7 Å². The Hall–Kier alpha value is -2.87. The number of hydrogen-bond acceptors (Lipinski definition) is 5. The molecule has 1 saturated carbocycles. The Morgan fingerprint density at radius 3 is 2.61 bits per heavy atom. The summed E-state index contributed by atoms with van der Waals surface area (Å²) in [6.07, 6.45) is 2.04. The van der Waals surface area contributed by atoms with Gasteiger partial charge in [-0.1, -0.05) is 6.07 Å². The zero-order valence-corrected chi connectivity index (χ0v) is 16.8. The fraction of sp³-hybridized carbons (Fsp3) is 0.350. The van der Waals surface area contributed by atoms with Gasteiger partial charge < -0.3 is 10.2 Å². The van der Waals surface area contributed by atoms with Crippen LogP contribution in [-0.2, 0) is 6.54 Å². The first kappa shape index (κ1) is 18.5. The Labute approximate surface area is 167 Å². The highest BCUT2D eigenvalue weighted by Gasteiger charge is 2.30. The van der Waals surface area contributed by atoms with Gasteiger partial charge in [0.05, 0.1) is 11.4 Å². The number of thiophene rings is 1. The molecule has 3 aromatic rings. The minimum absolute atomic E-state index is 0.101. The van der Waals surface area contributed by atoms with Crippen LogP contribution in [0.1, 0.15) is 29.2 Å². The Morgan fingerprint density at radius 1 is 1.25 bits per heavy atom. The molecule has 7 nitrogen and oxygen atoms in total. The maximum Gasteiger partial charge on any atom is 0.346 e. The van der Waals surface area contributed by atoms with Gasteiger partial charge in [-0.25, -0.2) is 9.48 Å². The Morgan fingerprint density at radius 2 is 2.00 bits per heavy atom. The Bertz CT molecular complexity index is 1010. The molecule has 146 valence electrons. The number of amides is 1. The van der Waals surface area contributed by atoms with E-state index in [0.717, 1.165) is 29.2 Å². The van der Waals surface area contributed by atoms with Crippen molar-refractivity contribution in [3.63, 3.8) is 0 Å². The summed E-state index contributed by atoms with van der Waals surface area (Å²) in [4.78, 5) is 28.1. The van der Waals surface area contributed by atoms with E-state index in [0.29, 0.717) is 18.7 Å². The number of anilines is 1. The van der Waals surface area contributed by atoms with Crippen LogP contribution in [0.15, 0.2) is 46.6 Å². The number of carbonyl (C=O) groups excluding carboxylic acids is 1. The molecule has 8 heteroatoms. The van der Waals surface area contributed by atoms with Crippen molar-refractivity contribution in [2.45, 2.75) is 25.4 Å². The number of hydrogen-bond donors (Lipinski definition) is 1. The first-order valence-electron chi connectivity index (χ1n) is 9.33. The van der Waals surface area contributed by atoms with Crippen molar-refractivity contribution in [2.24, 2.45) is 0 Å². The molecule has 2 heterocycles. The van der Waals surface area contributed by atoms with Gasteiger partial charge in [-0.15, -0.1) is 16.4 Å². The molecule has 4 rings (SSSR count). The highest BCUT2D eigenvalue weighted by molar-refractivity contribution is 7.13. The molecule has 0 atom stereocenters. The molecule has 1 aromatic carbocycles. The molecule has 28 heavy (non-hydrogen) atoms. The van der Waals surface area contributed by atoms with E-state index in [1.54, 1.807) is 28.0 Å². The van der Waals surface area contributed by atoms with Gasteiger partial charge in [-0.05, 0) is 48.6 Å². The van der Waals surface area contributed by atoms with E-state index in [1.807, 2.05) is 48.6 Å². The highest BCUT2D eigenvalue weighted by Crippen LogP contribution is 2.37. The normalized spacial score (nSPS) is 13.5. The van der Waals surface area contributed by atoms with Crippen LogP contribution in [0.4, 0.5) is 5.69 Å². The van der Waals surface area contributed by atoms with E-state index in [-0.39, 0.29) is 17.6 Å². The fourth-order valence-electron chi connectivity index (χ4n) is 3.09. The molecule has 0 spiro atoms. The number of carbonyl (C=O) groups is 1. The molecule has 1 amide bonds. The number of rotatable bonds is 7. The van der Waals surface area contributed by atoms with Gasteiger partial charge in [-0.2, -0.15) is 0 Å². The standard InChI is InChI=1S/C20H23N5O2S/c1-23(2)15-7-5-14(6-8-15)19(26)21-11-12-24-20(27)25(16-9-10-16)18(22-24)17-4-3-13-28-17/h3-8,13,16H,9-12H2,1-2H3,(H,21,26). The molecule has 1 fully saturated rings. The average molecular weight is 398 g/mol. The lowest BCUT2D eigenvalue weighted by Gasteiger charge is -2.12. The average Bonchev–Trinajstić information content (AvgIpc) is 3.26. The summed E-state index contributed by atoms with van der Waals surface area (Å²) in [5.41, 5.74) is 1.53. The first-order valence-corrected chi connectivity index (χ1v) is 10.2. The van der Waals surface area contributed by atoms with Crippen molar-refractivity contribution >= 4 is 22.9 Å². The molecule has 0 radical (unpaired) electrons. The summed E-state index contributed by atoms with van der Waals surface area (Å²) in [6, 6.07) is 11.6. The van der Waals surface area contributed by atoms with Crippen molar-refractivity contribution in [3.05, 3.63) is 57.8 Å². The molecule has 2 aromatic heterocycles. The lowest BCUT2D eigenvalue weighted by Crippen LogP contribution is -2.32. The second-order valence-electron chi connectivity index (χ2n) is 7.11. The fourth-order valence-corrected chi connectivity index (χ4v) is 3.80. The van der Waals surface area contributed by atoms with E-state index in [4.69, 9.17) is 0 Å². The smallest absolute Gasteiger partial charge is 0.346 e.